The van der Waals surface area contributed by atoms with Gasteiger partial charge in [0.2, 0.25) is 5.91 Å². The summed E-state index contributed by atoms with van der Waals surface area (Å²) in [5.41, 5.74) is 3.35. The van der Waals surface area contributed by atoms with Crippen LogP contribution >= 0.6 is 23.4 Å². The molecule has 8 heteroatoms. The second kappa shape index (κ2) is 10.3. The van der Waals surface area contributed by atoms with E-state index in [1.807, 2.05) is 58.0 Å². The van der Waals surface area contributed by atoms with E-state index in [0.717, 1.165) is 24.2 Å². The van der Waals surface area contributed by atoms with E-state index in [9.17, 15) is 4.79 Å². The molecule has 1 amide bonds. The van der Waals surface area contributed by atoms with Gasteiger partial charge in [-0.15, -0.1) is 10.2 Å². The first-order valence-corrected chi connectivity index (χ1v) is 12.4. The van der Waals surface area contributed by atoms with Crippen molar-refractivity contribution in [1.29, 1.82) is 0 Å². The molecule has 2 heterocycles. The lowest BCUT2D eigenvalue weighted by Gasteiger charge is -2.17. The number of benzene rings is 3. The third-order valence-electron chi connectivity index (χ3n) is 5.67. The van der Waals surface area contributed by atoms with Crippen LogP contribution in [-0.4, -0.2) is 33.0 Å². The Bertz CT molecular complexity index is 1280. The third-order valence-corrected chi connectivity index (χ3v) is 6.87. The number of fused-ring (bicyclic) bond motifs is 1. The number of halogens is 1. The van der Waals surface area contributed by atoms with Crippen LogP contribution in [0.15, 0.2) is 84.0 Å². The average molecular weight is 491 g/mol. The molecule has 0 radical (unpaired) electrons. The first kappa shape index (κ1) is 22.5. The molecule has 3 aromatic carbocycles. The van der Waals surface area contributed by atoms with Gasteiger partial charge in [0.1, 0.15) is 12.4 Å². The number of nitrogens with zero attached hydrogens (tertiary/aromatic N) is 4. The zero-order chi connectivity index (χ0) is 23.3. The molecule has 0 aliphatic carbocycles. The molecule has 0 spiro atoms. The molecule has 0 saturated carbocycles. The van der Waals surface area contributed by atoms with E-state index < -0.39 is 0 Å². The van der Waals surface area contributed by atoms with Crippen LogP contribution in [0.2, 0.25) is 5.02 Å². The molecular formula is C26H23ClN4O2S. The van der Waals surface area contributed by atoms with Gasteiger partial charge < -0.3 is 9.64 Å². The summed E-state index contributed by atoms with van der Waals surface area (Å²) in [7, 11) is 0. The summed E-state index contributed by atoms with van der Waals surface area (Å²) in [5.74, 6) is 1.76. The first-order chi connectivity index (χ1) is 16.7. The maximum atomic E-state index is 13.0. The van der Waals surface area contributed by atoms with Crippen LogP contribution in [0.1, 0.15) is 17.0 Å². The second-order valence-electron chi connectivity index (χ2n) is 7.93. The Hall–Kier alpha value is -3.29. The number of thioether (sulfide) groups is 1. The van der Waals surface area contributed by atoms with Crippen molar-refractivity contribution < 1.29 is 9.53 Å². The molecule has 0 bridgehead atoms. The number of carbonyl (C=O) groups excluding carboxylic acids is 1. The molecule has 5 rings (SSSR count). The summed E-state index contributed by atoms with van der Waals surface area (Å²) >= 11 is 7.37. The van der Waals surface area contributed by atoms with Crippen LogP contribution in [0, 0.1) is 0 Å². The summed E-state index contributed by atoms with van der Waals surface area (Å²) in [6.07, 6.45) is 0.892. The summed E-state index contributed by atoms with van der Waals surface area (Å²) < 4.78 is 7.93. The van der Waals surface area contributed by atoms with Crippen molar-refractivity contribution in [2.75, 3.05) is 17.2 Å². The van der Waals surface area contributed by atoms with Crippen molar-refractivity contribution in [2.45, 2.75) is 24.7 Å². The zero-order valence-corrected chi connectivity index (χ0v) is 20.0. The fourth-order valence-electron chi connectivity index (χ4n) is 3.94. The number of anilines is 1. The Kier molecular flexibility index (Phi) is 6.83. The smallest absolute Gasteiger partial charge is 0.237 e. The minimum Gasteiger partial charge on any atom is -0.486 e. The fraction of sp³-hybridized carbons (Fsp3) is 0.192. The first-order valence-electron chi connectivity index (χ1n) is 11.0. The molecule has 0 fully saturated rings. The highest BCUT2D eigenvalue weighted by Crippen LogP contribution is 2.29. The molecule has 172 valence electrons. The summed E-state index contributed by atoms with van der Waals surface area (Å²) in [6, 6.07) is 25.4. The Morgan fingerprint density at radius 2 is 1.74 bits per heavy atom. The van der Waals surface area contributed by atoms with E-state index in [1.54, 1.807) is 12.1 Å². The molecule has 0 saturated heterocycles. The van der Waals surface area contributed by atoms with E-state index >= 15 is 0 Å². The van der Waals surface area contributed by atoms with Crippen LogP contribution in [0.25, 0.3) is 0 Å². The predicted molar refractivity (Wildman–Crippen MR) is 135 cm³/mol. The monoisotopic (exact) mass is 490 g/mol. The average Bonchev–Trinajstić information content (AvgIpc) is 3.47. The minimum atomic E-state index is 0.0724. The highest BCUT2D eigenvalue weighted by Gasteiger charge is 2.25. The van der Waals surface area contributed by atoms with Crippen molar-refractivity contribution in [3.63, 3.8) is 0 Å². The number of hydrogen-bond donors (Lipinski definition) is 0. The Morgan fingerprint density at radius 1 is 0.971 bits per heavy atom. The molecular weight excluding hydrogens is 468 g/mol. The maximum Gasteiger partial charge on any atom is 0.237 e. The van der Waals surface area contributed by atoms with Gasteiger partial charge in [-0.25, -0.2) is 0 Å². The fourth-order valence-corrected chi connectivity index (χ4v) is 4.90. The summed E-state index contributed by atoms with van der Waals surface area (Å²) in [6.45, 7) is 1.57. The number of rotatable bonds is 8. The largest absolute Gasteiger partial charge is 0.486 e. The van der Waals surface area contributed by atoms with Crippen LogP contribution in [0.4, 0.5) is 5.69 Å². The maximum absolute atomic E-state index is 13.0. The standard InChI is InChI=1S/C26H23ClN4O2S/c27-21-10-12-22(13-11-21)33-17-24-28-29-26(31(24)16-19-6-2-1-3-7-19)34-18-25(32)30-15-14-20-8-4-5-9-23(20)30/h1-13H,14-18H2. The summed E-state index contributed by atoms with van der Waals surface area (Å²) in [4.78, 5) is 14.9. The number of carbonyl (C=O) groups is 1. The lowest BCUT2D eigenvalue weighted by atomic mass is 10.2. The molecule has 1 aliphatic rings. The van der Waals surface area contributed by atoms with Crippen molar-refractivity contribution >= 4 is 35.0 Å². The minimum absolute atomic E-state index is 0.0724. The topological polar surface area (TPSA) is 60.2 Å². The zero-order valence-electron chi connectivity index (χ0n) is 18.4. The van der Waals surface area contributed by atoms with Gasteiger partial charge in [0.15, 0.2) is 11.0 Å². The number of amides is 1. The van der Waals surface area contributed by atoms with E-state index in [-0.39, 0.29) is 12.5 Å². The van der Waals surface area contributed by atoms with Crippen LogP contribution in [-0.2, 0) is 24.4 Å². The molecule has 1 aromatic heterocycles. The lowest BCUT2D eigenvalue weighted by molar-refractivity contribution is -0.116. The Balaban J connectivity index is 1.31. The Morgan fingerprint density at radius 3 is 2.56 bits per heavy atom. The van der Waals surface area contributed by atoms with Gasteiger partial charge in [0.25, 0.3) is 0 Å². The Labute approximate surface area is 207 Å². The molecule has 34 heavy (non-hydrogen) atoms. The normalized spacial score (nSPS) is 12.6. The molecule has 4 aromatic rings. The van der Waals surface area contributed by atoms with Crippen LogP contribution in [0.5, 0.6) is 5.75 Å². The van der Waals surface area contributed by atoms with Gasteiger partial charge in [-0.2, -0.15) is 0 Å². The van der Waals surface area contributed by atoms with Crippen molar-refractivity contribution in [1.82, 2.24) is 14.8 Å². The molecule has 0 atom stereocenters. The molecule has 0 N–H and O–H groups in total. The van der Waals surface area contributed by atoms with E-state index in [4.69, 9.17) is 16.3 Å². The van der Waals surface area contributed by atoms with Gasteiger partial charge in [-0.3, -0.25) is 9.36 Å². The summed E-state index contributed by atoms with van der Waals surface area (Å²) in [5, 5.41) is 10.1. The molecule has 6 nitrogen and oxygen atoms in total. The van der Waals surface area contributed by atoms with Gasteiger partial charge in [-0.1, -0.05) is 71.9 Å². The molecule has 1 aliphatic heterocycles. The van der Waals surface area contributed by atoms with E-state index in [2.05, 4.69) is 28.4 Å². The highest BCUT2D eigenvalue weighted by molar-refractivity contribution is 7.99. The van der Waals surface area contributed by atoms with Crippen LogP contribution < -0.4 is 9.64 Å². The number of aromatic nitrogens is 3. The van der Waals surface area contributed by atoms with Gasteiger partial charge in [0.05, 0.1) is 12.3 Å². The van der Waals surface area contributed by atoms with Gasteiger partial charge in [0, 0.05) is 17.3 Å². The highest BCUT2D eigenvalue weighted by atomic mass is 35.5. The lowest BCUT2D eigenvalue weighted by Crippen LogP contribution is -2.30. The van der Waals surface area contributed by atoms with E-state index in [0.29, 0.717) is 34.1 Å². The van der Waals surface area contributed by atoms with Gasteiger partial charge >= 0.3 is 0 Å². The number of ether oxygens (including phenoxy) is 1. The van der Waals surface area contributed by atoms with Gasteiger partial charge in [-0.05, 0) is 47.9 Å². The van der Waals surface area contributed by atoms with E-state index in [1.165, 1.54) is 17.3 Å². The van der Waals surface area contributed by atoms with Crippen molar-refractivity contribution in [3.8, 4) is 5.75 Å². The quantitative estimate of drug-likeness (QED) is 0.316. The molecule has 0 unspecified atom stereocenters. The SMILES string of the molecule is O=C(CSc1nnc(COc2ccc(Cl)cc2)n1Cc1ccccc1)N1CCc2ccccc21. The second-order valence-corrected chi connectivity index (χ2v) is 9.30. The van der Waals surface area contributed by atoms with Crippen LogP contribution in [0.3, 0.4) is 0 Å². The van der Waals surface area contributed by atoms with Crippen molar-refractivity contribution in [3.05, 3.63) is 101 Å². The number of hydrogen-bond acceptors (Lipinski definition) is 5. The van der Waals surface area contributed by atoms with Crippen molar-refractivity contribution in [2.24, 2.45) is 0 Å². The predicted octanol–water partition coefficient (Wildman–Crippen LogP) is 5.24. The number of para-hydroxylation sites is 1. The third kappa shape index (κ3) is 5.11.